The normalized spacial score (nSPS) is 14.3. The summed E-state index contributed by atoms with van der Waals surface area (Å²) in [5.74, 6) is -0.350. The minimum Gasteiger partial charge on any atom is -0.414 e. The zero-order valence-corrected chi connectivity index (χ0v) is 19.4. The molecule has 1 aliphatic heterocycles. The van der Waals surface area contributed by atoms with Crippen LogP contribution in [0.15, 0.2) is 70.1 Å². The third-order valence-electron chi connectivity index (χ3n) is 6.15. The molecule has 4 heterocycles. The van der Waals surface area contributed by atoms with E-state index in [1.54, 1.807) is 54.3 Å². The molecule has 1 aliphatic rings. The van der Waals surface area contributed by atoms with E-state index in [9.17, 15) is 12.8 Å². The second kappa shape index (κ2) is 8.07. The van der Waals surface area contributed by atoms with E-state index in [2.05, 4.69) is 20.3 Å². The Bertz CT molecular complexity index is 1690. The summed E-state index contributed by atoms with van der Waals surface area (Å²) in [5, 5.41) is 13.3. The highest BCUT2D eigenvalue weighted by Crippen LogP contribution is 2.34. The summed E-state index contributed by atoms with van der Waals surface area (Å²) in [7, 11) is -2.06. The van der Waals surface area contributed by atoms with Crippen LogP contribution < -0.4 is 0 Å². The Hall–Kier alpha value is -3.96. The Balaban J connectivity index is 1.39. The van der Waals surface area contributed by atoms with Gasteiger partial charge in [-0.1, -0.05) is 30.3 Å². The van der Waals surface area contributed by atoms with Crippen molar-refractivity contribution in [3.8, 4) is 23.0 Å². The molecular formula is C24H19FN6O3S. The van der Waals surface area contributed by atoms with Crippen LogP contribution in [0.25, 0.3) is 33.9 Å². The standard InChI is InChI=1S/C24H19FN6O3S/c1-30-19-11-13-31(35(32,33)20-10-4-6-15-7-5-12-26-21(15)20)14-17(19)22(29-30)24-28-27-23(34-24)16-8-2-3-9-18(16)25/h2-10,12H,11,13-14H2,1H3. The fourth-order valence-corrected chi connectivity index (χ4v) is 6.00. The molecule has 0 fully saturated rings. The van der Waals surface area contributed by atoms with E-state index in [1.807, 2.05) is 12.1 Å². The molecule has 0 amide bonds. The predicted molar refractivity (Wildman–Crippen MR) is 125 cm³/mol. The summed E-state index contributed by atoms with van der Waals surface area (Å²) in [5.41, 5.74) is 2.56. The Morgan fingerprint density at radius 1 is 1.00 bits per heavy atom. The zero-order valence-electron chi connectivity index (χ0n) is 18.6. The minimum atomic E-state index is -3.85. The molecule has 0 bridgehead atoms. The van der Waals surface area contributed by atoms with E-state index in [0.29, 0.717) is 29.7 Å². The Morgan fingerprint density at radius 3 is 2.66 bits per heavy atom. The van der Waals surface area contributed by atoms with Crippen LogP contribution in [-0.2, 0) is 30.0 Å². The maximum Gasteiger partial charge on any atom is 0.268 e. The highest BCUT2D eigenvalue weighted by Gasteiger charge is 2.34. The number of hydrogen-bond acceptors (Lipinski definition) is 7. The van der Waals surface area contributed by atoms with Gasteiger partial charge in [0.15, 0.2) is 5.69 Å². The molecule has 176 valence electrons. The first-order valence-corrected chi connectivity index (χ1v) is 12.3. The van der Waals surface area contributed by atoms with Gasteiger partial charge in [0.25, 0.3) is 11.8 Å². The van der Waals surface area contributed by atoms with E-state index in [-0.39, 0.29) is 28.8 Å². The largest absolute Gasteiger partial charge is 0.414 e. The lowest BCUT2D eigenvalue weighted by atomic mass is 10.1. The number of benzene rings is 2. The quantitative estimate of drug-likeness (QED) is 0.379. The minimum absolute atomic E-state index is 0.0274. The molecular weight excluding hydrogens is 471 g/mol. The highest BCUT2D eigenvalue weighted by atomic mass is 32.2. The number of para-hydroxylation sites is 1. The first-order chi connectivity index (χ1) is 16.9. The van der Waals surface area contributed by atoms with Gasteiger partial charge in [0.1, 0.15) is 10.7 Å². The lowest BCUT2D eigenvalue weighted by Crippen LogP contribution is -2.36. The maximum atomic E-state index is 14.2. The SMILES string of the molecule is Cn1nc(-c2nnc(-c3ccccc3F)o2)c2c1CCN(S(=O)(=O)c1cccc3cccnc13)C2. The fraction of sp³-hybridized carbons (Fsp3) is 0.167. The van der Waals surface area contributed by atoms with Crippen molar-refractivity contribution in [2.24, 2.45) is 7.05 Å². The molecule has 9 nitrogen and oxygen atoms in total. The van der Waals surface area contributed by atoms with Gasteiger partial charge in [-0.05, 0) is 24.3 Å². The highest BCUT2D eigenvalue weighted by molar-refractivity contribution is 7.89. The Kier molecular flexibility index (Phi) is 4.97. The molecule has 11 heteroatoms. The van der Waals surface area contributed by atoms with Gasteiger partial charge in [-0.15, -0.1) is 10.2 Å². The van der Waals surface area contributed by atoms with Crippen LogP contribution in [0.4, 0.5) is 4.39 Å². The lowest BCUT2D eigenvalue weighted by molar-refractivity contribution is 0.386. The van der Waals surface area contributed by atoms with Crippen molar-refractivity contribution in [1.29, 1.82) is 0 Å². The average molecular weight is 491 g/mol. The predicted octanol–water partition coefficient (Wildman–Crippen LogP) is 3.57. The summed E-state index contributed by atoms with van der Waals surface area (Å²) in [4.78, 5) is 4.46. The number of halogens is 1. The van der Waals surface area contributed by atoms with Crippen molar-refractivity contribution in [2.75, 3.05) is 6.54 Å². The van der Waals surface area contributed by atoms with E-state index in [1.165, 1.54) is 10.4 Å². The summed E-state index contributed by atoms with van der Waals surface area (Å²) < 4.78 is 50.4. The van der Waals surface area contributed by atoms with Crippen LogP contribution in [-0.4, -0.2) is 44.2 Å². The van der Waals surface area contributed by atoms with Crippen LogP contribution in [0, 0.1) is 5.82 Å². The zero-order chi connectivity index (χ0) is 24.2. The van der Waals surface area contributed by atoms with Gasteiger partial charge < -0.3 is 4.42 Å². The molecule has 5 aromatic rings. The fourth-order valence-electron chi connectivity index (χ4n) is 4.43. The van der Waals surface area contributed by atoms with Gasteiger partial charge in [-0.2, -0.15) is 9.40 Å². The van der Waals surface area contributed by atoms with E-state index >= 15 is 0 Å². The summed E-state index contributed by atoms with van der Waals surface area (Å²) in [6.07, 6.45) is 2.04. The second-order valence-corrected chi connectivity index (χ2v) is 10.1. The summed E-state index contributed by atoms with van der Waals surface area (Å²) in [6.45, 7) is 0.378. The number of pyridine rings is 1. The summed E-state index contributed by atoms with van der Waals surface area (Å²) >= 11 is 0. The van der Waals surface area contributed by atoms with E-state index < -0.39 is 15.8 Å². The third kappa shape index (κ3) is 3.51. The number of aromatic nitrogens is 5. The molecule has 0 aliphatic carbocycles. The molecule has 0 spiro atoms. The van der Waals surface area contributed by atoms with Gasteiger partial charge in [0, 0.05) is 49.4 Å². The van der Waals surface area contributed by atoms with Gasteiger partial charge in [-0.25, -0.2) is 12.8 Å². The molecule has 0 unspecified atom stereocenters. The van der Waals surface area contributed by atoms with Crippen molar-refractivity contribution in [3.63, 3.8) is 0 Å². The van der Waals surface area contributed by atoms with E-state index in [0.717, 1.165) is 11.1 Å². The van der Waals surface area contributed by atoms with E-state index in [4.69, 9.17) is 4.42 Å². The first-order valence-electron chi connectivity index (χ1n) is 10.9. The number of hydrogen-bond donors (Lipinski definition) is 0. The van der Waals surface area contributed by atoms with Crippen LogP contribution in [0.2, 0.25) is 0 Å². The second-order valence-electron chi connectivity index (χ2n) is 8.21. The lowest BCUT2D eigenvalue weighted by Gasteiger charge is -2.27. The van der Waals surface area contributed by atoms with Gasteiger partial charge >= 0.3 is 0 Å². The molecule has 0 saturated heterocycles. The Morgan fingerprint density at radius 2 is 1.80 bits per heavy atom. The van der Waals surface area contributed by atoms with Gasteiger partial charge in [0.05, 0.1) is 11.1 Å². The average Bonchev–Trinajstić information content (AvgIpc) is 3.48. The number of fused-ring (bicyclic) bond motifs is 2. The van der Waals surface area contributed by atoms with Crippen LogP contribution >= 0.6 is 0 Å². The van der Waals surface area contributed by atoms with Crippen LogP contribution in [0.5, 0.6) is 0 Å². The first kappa shape index (κ1) is 21.6. The number of rotatable bonds is 4. The van der Waals surface area contributed by atoms with Crippen molar-refractivity contribution in [2.45, 2.75) is 17.9 Å². The van der Waals surface area contributed by atoms with Gasteiger partial charge in [0.2, 0.25) is 10.0 Å². The van der Waals surface area contributed by atoms with Crippen LogP contribution in [0.3, 0.4) is 0 Å². The van der Waals surface area contributed by atoms with Crippen molar-refractivity contribution < 1.29 is 17.2 Å². The molecule has 0 atom stereocenters. The monoisotopic (exact) mass is 490 g/mol. The van der Waals surface area contributed by atoms with Crippen LogP contribution in [0.1, 0.15) is 11.3 Å². The number of nitrogens with zero attached hydrogens (tertiary/aromatic N) is 6. The molecule has 0 saturated carbocycles. The number of sulfonamides is 1. The van der Waals surface area contributed by atoms with Crippen molar-refractivity contribution in [3.05, 3.63) is 77.9 Å². The molecule has 3 aromatic heterocycles. The van der Waals surface area contributed by atoms with Crippen molar-refractivity contribution >= 4 is 20.9 Å². The third-order valence-corrected chi connectivity index (χ3v) is 8.03. The molecule has 2 aromatic carbocycles. The molecule has 0 N–H and O–H groups in total. The van der Waals surface area contributed by atoms with Crippen molar-refractivity contribution in [1.82, 2.24) is 29.3 Å². The van der Waals surface area contributed by atoms with Gasteiger partial charge in [-0.3, -0.25) is 9.67 Å². The maximum absolute atomic E-state index is 14.2. The topological polar surface area (TPSA) is 107 Å². The number of aryl methyl sites for hydroxylation is 1. The summed E-state index contributed by atoms with van der Waals surface area (Å²) in [6, 6.07) is 14.8. The smallest absolute Gasteiger partial charge is 0.268 e. The molecule has 0 radical (unpaired) electrons. The molecule has 35 heavy (non-hydrogen) atoms. The molecule has 6 rings (SSSR count). The Labute approximate surface area is 199 Å².